The lowest BCUT2D eigenvalue weighted by Crippen LogP contribution is -2.28. The SMILES string of the molecule is O=C(/C=C/c1cccc(F)c1)Nc1cc(Cl)ccc1C(=O)N1CCCC1. The van der Waals surface area contributed by atoms with Crippen LogP contribution in [0.3, 0.4) is 0 Å². The van der Waals surface area contributed by atoms with Gasteiger partial charge in [0.05, 0.1) is 11.3 Å². The number of nitrogens with one attached hydrogen (secondary N) is 1. The molecule has 134 valence electrons. The molecule has 2 aromatic carbocycles. The predicted molar refractivity (Wildman–Crippen MR) is 101 cm³/mol. The highest BCUT2D eigenvalue weighted by molar-refractivity contribution is 6.31. The molecule has 1 aliphatic heterocycles. The van der Waals surface area contributed by atoms with E-state index in [-0.39, 0.29) is 11.7 Å². The van der Waals surface area contributed by atoms with Crippen LogP contribution in [-0.2, 0) is 4.79 Å². The number of nitrogens with zero attached hydrogens (tertiary/aromatic N) is 1. The van der Waals surface area contributed by atoms with E-state index >= 15 is 0 Å². The molecule has 1 aliphatic rings. The van der Waals surface area contributed by atoms with Gasteiger partial charge in [-0.2, -0.15) is 0 Å². The van der Waals surface area contributed by atoms with Crippen LogP contribution in [0.1, 0.15) is 28.8 Å². The Hall–Kier alpha value is -2.66. The second-order valence-electron chi connectivity index (χ2n) is 6.07. The van der Waals surface area contributed by atoms with Crippen molar-refractivity contribution < 1.29 is 14.0 Å². The quantitative estimate of drug-likeness (QED) is 0.810. The molecule has 0 unspecified atom stereocenters. The van der Waals surface area contributed by atoms with E-state index in [4.69, 9.17) is 11.6 Å². The molecule has 0 atom stereocenters. The van der Waals surface area contributed by atoms with Crippen LogP contribution >= 0.6 is 11.6 Å². The predicted octanol–water partition coefficient (Wildman–Crippen LogP) is 4.37. The van der Waals surface area contributed by atoms with Gasteiger partial charge in [-0.25, -0.2) is 4.39 Å². The van der Waals surface area contributed by atoms with Crippen molar-refractivity contribution in [3.8, 4) is 0 Å². The second-order valence-corrected chi connectivity index (χ2v) is 6.50. The topological polar surface area (TPSA) is 49.4 Å². The molecule has 26 heavy (non-hydrogen) atoms. The summed E-state index contributed by atoms with van der Waals surface area (Å²) in [7, 11) is 0. The van der Waals surface area contributed by atoms with Crippen LogP contribution in [0.4, 0.5) is 10.1 Å². The van der Waals surface area contributed by atoms with Gasteiger partial charge in [0.15, 0.2) is 0 Å². The minimum Gasteiger partial charge on any atom is -0.339 e. The van der Waals surface area contributed by atoms with Crippen LogP contribution < -0.4 is 5.32 Å². The highest BCUT2D eigenvalue weighted by Crippen LogP contribution is 2.24. The molecule has 0 radical (unpaired) electrons. The van der Waals surface area contributed by atoms with Crippen LogP contribution in [-0.4, -0.2) is 29.8 Å². The Morgan fingerprint density at radius 3 is 2.62 bits per heavy atom. The molecule has 1 heterocycles. The Bertz CT molecular complexity index is 861. The number of amides is 2. The fourth-order valence-corrected chi connectivity index (χ4v) is 3.03. The first kappa shape index (κ1) is 18.1. The zero-order chi connectivity index (χ0) is 18.5. The van der Waals surface area contributed by atoms with Crippen LogP contribution in [0.25, 0.3) is 6.08 Å². The Morgan fingerprint density at radius 1 is 1.12 bits per heavy atom. The third-order valence-electron chi connectivity index (χ3n) is 4.14. The normalized spacial score (nSPS) is 14.0. The van der Waals surface area contributed by atoms with Crippen molar-refractivity contribution in [1.82, 2.24) is 4.90 Å². The van der Waals surface area contributed by atoms with Crippen molar-refractivity contribution in [2.75, 3.05) is 18.4 Å². The molecule has 1 fully saturated rings. The lowest BCUT2D eigenvalue weighted by Gasteiger charge is -2.18. The minimum atomic E-state index is -0.424. The van der Waals surface area contributed by atoms with Crippen molar-refractivity contribution in [3.63, 3.8) is 0 Å². The zero-order valence-corrected chi connectivity index (χ0v) is 14.8. The highest BCUT2D eigenvalue weighted by Gasteiger charge is 2.22. The van der Waals surface area contributed by atoms with Gasteiger partial charge in [-0.1, -0.05) is 23.7 Å². The molecule has 1 saturated heterocycles. The van der Waals surface area contributed by atoms with E-state index < -0.39 is 5.91 Å². The lowest BCUT2D eigenvalue weighted by molar-refractivity contribution is -0.111. The number of halogens is 2. The van der Waals surface area contributed by atoms with E-state index in [0.29, 0.717) is 34.9 Å². The molecule has 0 spiro atoms. The van der Waals surface area contributed by atoms with Gasteiger partial charge in [-0.3, -0.25) is 9.59 Å². The Balaban J connectivity index is 1.76. The van der Waals surface area contributed by atoms with Gasteiger partial charge < -0.3 is 10.2 Å². The molecule has 1 N–H and O–H groups in total. The highest BCUT2D eigenvalue weighted by atomic mass is 35.5. The monoisotopic (exact) mass is 372 g/mol. The molecule has 2 amide bonds. The molecule has 2 aromatic rings. The lowest BCUT2D eigenvalue weighted by atomic mass is 10.1. The fraction of sp³-hybridized carbons (Fsp3) is 0.200. The number of benzene rings is 2. The Labute approximate surface area is 156 Å². The van der Waals surface area contributed by atoms with Gasteiger partial charge in [-0.05, 0) is 54.8 Å². The number of rotatable bonds is 4. The number of hydrogen-bond acceptors (Lipinski definition) is 2. The number of likely N-dealkylation sites (tertiary alicyclic amines) is 1. The first-order chi connectivity index (χ1) is 12.5. The molecule has 6 heteroatoms. The first-order valence-corrected chi connectivity index (χ1v) is 8.74. The average molecular weight is 373 g/mol. The van der Waals surface area contributed by atoms with E-state index in [2.05, 4.69) is 5.32 Å². The van der Waals surface area contributed by atoms with Crippen LogP contribution in [0.15, 0.2) is 48.5 Å². The van der Waals surface area contributed by atoms with E-state index in [0.717, 1.165) is 12.8 Å². The summed E-state index contributed by atoms with van der Waals surface area (Å²) in [5, 5.41) is 3.11. The summed E-state index contributed by atoms with van der Waals surface area (Å²) in [6, 6.07) is 10.7. The molecule has 0 bridgehead atoms. The smallest absolute Gasteiger partial charge is 0.255 e. The third kappa shape index (κ3) is 4.49. The maximum atomic E-state index is 13.2. The van der Waals surface area contributed by atoms with E-state index in [9.17, 15) is 14.0 Å². The van der Waals surface area contributed by atoms with Gasteiger partial charge in [-0.15, -0.1) is 0 Å². The Morgan fingerprint density at radius 2 is 1.88 bits per heavy atom. The number of carbonyl (C=O) groups is 2. The van der Waals surface area contributed by atoms with Crippen LogP contribution in [0.2, 0.25) is 5.02 Å². The molecule has 3 rings (SSSR count). The maximum absolute atomic E-state index is 13.2. The summed E-state index contributed by atoms with van der Waals surface area (Å²) in [6.45, 7) is 1.43. The molecule has 0 aliphatic carbocycles. The van der Waals surface area contributed by atoms with Gasteiger partial charge >= 0.3 is 0 Å². The zero-order valence-electron chi connectivity index (χ0n) is 14.0. The number of carbonyl (C=O) groups excluding carboxylic acids is 2. The summed E-state index contributed by atoms with van der Waals surface area (Å²) in [6.07, 6.45) is 4.76. The molecule has 4 nitrogen and oxygen atoms in total. The second kappa shape index (κ2) is 8.15. The van der Waals surface area contributed by atoms with Gasteiger partial charge in [0.25, 0.3) is 5.91 Å². The van der Waals surface area contributed by atoms with Gasteiger partial charge in [0.2, 0.25) is 5.91 Å². The summed E-state index contributed by atoms with van der Waals surface area (Å²) in [5.74, 6) is -0.920. The van der Waals surface area contributed by atoms with Gasteiger partial charge in [0, 0.05) is 24.2 Å². The van der Waals surface area contributed by atoms with Crippen molar-refractivity contribution in [2.24, 2.45) is 0 Å². The van der Waals surface area contributed by atoms with Gasteiger partial charge in [0.1, 0.15) is 5.82 Å². The minimum absolute atomic E-state index is 0.122. The maximum Gasteiger partial charge on any atom is 0.255 e. The van der Waals surface area contributed by atoms with Crippen LogP contribution in [0.5, 0.6) is 0 Å². The van der Waals surface area contributed by atoms with E-state index in [1.54, 1.807) is 35.2 Å². The Kier molecular flexibility index (Phi) is 5.68. The first-order valence-electron chi connectivity index (χ1n) is 8.36. The summed E-state index contributed by atoms with van der Waals surface area (Å²) >= 11 is 6.02. The molecular weight excluding hydrogens is 355 g/mol. The van der Waals surface area contributed by atoms with Crippen LogP contribution in [0, 0.1) is 5.82 Å². The third-order valence-corrected chi connectivity index (χ3v) is 4.37. The molecule has 0 saturated carbocycles. The van der Waals surface area contributed by atoms with Crippen molar-refractivity contribution in [3.05, 3.63) is 70.5 Å². The van der Waals surface area contributed by atoms with E-state index in [1.165, 1.54) is 24.3 Å². The summed E-state index contributed by atoms with van der Waals surface area (Å²) in [4.78, 5) is 26.6. The average Bonchev–Trinajstić information content (AvgIpc) is 3.14. The van der Waals surface area contributed by atoms with Crippen molar-refractivity contribution >= 4 is 35.2 Å². The molecule has 0 aromatic heterocycles. The number of anilines is 1. The summed E-state index contributed by atoms with van der Waals surface area (Å²) < 4.78 is 13.2. The van der Waals surface area contributed by atoms with E-state index in [1.807, 2.05) is 0 Å². The van der Waals surface area contributed by atoms with Crippen molar-refractivity contribution in [2.45, 2.75) is 12.8 Å². The summed E-state index contributed by atoms with van der Waals surface area (Å²) in [5.41, 5.74) is 1.34. The fourth-order valence-electron chi connectivity index (χ4n) is 2.85. The largest absolute Gasteiger partial charge is 0.339 e. The van der Waals surface area contributed by atoms with Crippen molar-refractivity contribution in [1.29, 1.82) is 0 Å². The number of hydrogen-bond donors (Lipinski definition) is 1. The molecular formula is C20H18ClFN2O2. The standard InChI is InChI=1S/C20H18ClFN2O2/c21-15-7-8-17(20(26)24-10-1-2-11-24)18(13-15)23-19(25)9-6-14-4-3-5-16(22)12-14/h3-9,12-13H,1-2,10-11H2,(H,23,25)/b9-6+.